The summed E-state index contributed by atoms with van der Waals surface area (Å²) in [5, 5.41) is 11.3. The first-order chi connectivity index (χ1) is 11.2. The summed E-state index contributed by atoms with van der Waals surface area (Å²) in [6.45, 7) is 0. The maximum atomic E-state index is 12.3. The number of halogens is 2. The first-order valence-corrected chi connectivity index (χ1v) is 7.12. The van der Waals surface area contributed by atoms with Crippen molar-refractivity contribution >= 4 is 46.8 Å². The van der Waals surface area contributed by atoms with Gasteiger partial charge in [0.2, 0.25) is 0 Å². The van der Waals surface area contributed by atoms with Gasteiger partial charge < -0.3 is 10.8 Å². The Kier molecular flexibility index (Phi) is 3.58. The summed E-state index contributed by atoms with van der Waals surface area (Å²) in [5.41, 5.74) is 4.17. The molecule has 10 heteroatoms. The van der Waals surface area contributed by atoms with Crippen LogP contribution in [0, 0.1) is 0 Å². The number of aromatic nitrogens is 1. The molecule has 1 aliphatic rings. The van der Waals surface area contributed by atoms with Crippen LogP contribution in [-0.4, -0.2) is 27.5 Å². The van der Waals surface area contributed by atoms with Gasteiger partial charge in [0.05, 0.1) is 32.4 Å². The van der Waals surface area contributed by atoms with E-state index in [1.54, 1.807) is 0 Å². The number of rotatable bonds is 2. The van der Waals surface area contributed by atoms with Crippen LogP contribution in [0.25, 0.3) is 5.69 Å². The van der Waals surface area contributed by atoms with Crippen molar-refractivity contribution in [1.29, 1.82) is 0 Å². The molecular weight excluding hydrogens is 361 g/mol. The molecular formula is C14H7Cl2N3O5. The van der Waals surface area contributed by atoms with E-state index in [2.05, 4.69) is 0 Å². The molecule has 4 N–H and O–H groups in total. The molecule has 0 aliphatic carbocycles. The number of carboxylic acid groups (broad SMARTS) is 1. The highest BCUT2D eigenvalue weighted by atomic mass is 35.5. The van der Waals surface area contributed by atoms with Crippen LogP contribution in [0.15, 0.2) is 23.0 Å². The van der Waals surface area contributed by atoms with Crippen molar-refractivity contribution in [3.63, 3.8) is 0 Å². The lowest BCUT2D eigenvalue weighted by atomic mass is 10.1. The Hall–Kier alpha value is -2.84. The first-order valence-electron chi connectivity index (χ1n) is 6.36. The van der Waals surface area contributed by atoms with Crippen molar-refractivity contribution in [1.82, 2.24) is 9.88 Å². The maximum absolute atomic E-state index is 12.3. The number of imide groups is 1. The summed E-state index contributed by atoms with van der Waals surface area (Å²) in [6, 6.07) is 3.11. The normalized spacial score (nSPS) is 12.9. The highest BCUT2D eigenvalue weighted by Crippen LogP contribution is 2.30. The second kappa shape index (κ2) is 5.36. The van der Waals surface area contributed by atoms with Crippen LogP contribution in [-0.2, 0) is 0 Å². The van der Waals surface area contributed by atoms with E-state index in [0.29, 0.717) is 0 Å². The van der Waals surface area contributed by atoms with Crippen LogP contribution in [0.5, 0.6) is 0 Å². The number of amides is 2. The number of nitrogen functional groups attached to an aromatic ring is 1. The zero-order valence-corrected chi connectivity index (χ0v) is 13.1. The molecule has 1 aromatic carbocycles. The second-order valence-electron chi connectivity index (χ2n) is 4.86. The van der Waals surface area contributed by atoms with Gasteiger partial charge in [-0.2, -0.15) is 0 Å². The molecule has 0 saturated heterocycles. The fourth-order valence-electron chi connectivity index (χ4n) is 2.42. The van der Waals surface area contributed by atoms with Crippen LogP contribution in [0.1, 0.15) is 31.1 Å². The SMILES string of the molecule is Nc1c2c(cc(=O)n1-c1cc(Cl)c(Cl)cc1C(=O)O)C(=O)NC2=O. The van der Waals surface area contributed by atoms with Gasteiger partial charge in [0.15, 0.2) is 0 Å². The number of benzene rings is 1. The van der Waals surface area contributed by atoms with E-state index in [1.165, 1.54) is 0 Å². The van der Waals surface area contributed by atoms with E-state index in [0.717, 1.165) is 22.8 Å². The zero-order valence-electron chi connectivity index (χ0n) is 11.6. The summed E-state index contributed by atoms with van der Waals surface area (Å²) in [5.74, 6) is -3.28. The van der Waals surface area contributed by atoms with Crippen LogP contribution in [0.3, 0.4) is 0 Å². The Labute approximate surface area is 143 Å². The van der Waals surface area contributed by atoms with Gasteiger partial charge >= 0.3 is 5.97 Å². The summed E-state index contributed by atoms with van der Waals surface area (Å²) in [4.78, 5) is 47.3. The molecule has 0 saturated carbocycles. The number of carbonyl (C=O) groups excluding carboxylic acids is 2. The monoisotopic (exact) mass is 367 g/mol. The Bertz CT molecular complexity index is 1010. The van der Waals surface area contributed by atoms with Gasteiger partial charge in [0.1, 0.15) is 5.82 Å². The Balaban J connectivity index is 2.41. The standard InChI is InChI=1S/C14H7Cl2N3O5/c15-6-1-4(14(23)24)8(3-7(6)16)19-9(20)2-5-10(11(19)17)13(22)18-12(5)21/h1-3H,17H2,(H,23,24)(H,18,21,22). The molecule has 2 aromatic rings. The number of nitrogens with zero attached hydrogens (tertiary/aromatic N) is 1. The first kappa shape index (κ1) is 16.0. The molecule has 2 heterocycles. The maximum Gasteiger partial charge on any atom is 0.337 e. The molecule has 1 aromatic heterocycles. The van der Waals surface area contributed by atoms with Gasteiger partial charge in [-0.25, -0.2) is 4.79 Å². The number of carboxylic acids is 1. The Morgan fingerprint density at radius 3 is 2.33 bits per heavy atom. The second-order valence-corrected chi connectivity index (χ2v) is 5.68. The fourth-order valence-corrected chi connectivity index (χ4v) is 2.74. The van der Waals surface area contributed by atoms with Gasteiger partial charge in [-0.05, 0) is 12.1 Å². The average Bonchev–Trinajstić information content (AvgIpc) is 2.76. The third kappa shape index (κ3) is 2.24. The molecule has 0 radical (unpaired) electrons. The van der Waals surface area contributed by atoms with Crippen molar-refractivity contribution in [3.05, 3.63) is 55.3 Å². The molecule has 0 unspecified atom stereocenters. The molecule has 0 fully saturated rings. The molecule has 2 amide bonds. The molecule has 0 spiro atoms. The number of aromatic carboxylic acids is 1. The minimum absolute atomic E-state index is 0.0102. The predicted molar refractivity (Wildman–Crippen MR) is 85.2 cm³/mol. The number of nitrogens with one attached hydrogen (secondary N) is 1. The summed E-state index contributed by atoms with van der Waals surface area (Å²) in [7, 11) is 0. The van der Waals surface area contributed by atoms with E-state index in [-0.39, 0.29) is 38.2 Å². The number of pyridine rings is 1. The van der Waals surface area contributed by atoms with E-state index in [1.807, 2.05) is 5.32 Å². The number of hydrogen-bond acceptors (Lipinski definition) is 5. The number of anilines is 1. The van der Waals surface area contributed by atoms with Gasteiger partial charge in [-0.1, -0.05) is 23.2 Å². The summed E-state index contributed by atoms with van der Waals surface area (Å²) >= 11 is 11.7. The molecule has 122 valence electrons. The highest BCUT2D eigenvalue weighted by Gasteiger charge is 2.32. The lowest BCUT2D eigenvalue weighted by molar-refractivity contribution is 0.0696. The van der Waals surface area contributed by atoms with Crippen LogP contribution < -0.4 is 16.6 Å². The molecule has 8 nitrogen and oxygen atoms in total. The number of fused-ring (bicyclic) bond motifs is 1. The highest BCUT2D eigenvalue weighted by molar-refractivity contribution is 6.42. The predicted octanol–water partition coefficient (Wildman–Crippen LogP) is 1.31. The lowest BCUT2D eigenvalue weighted by Crippen LogP contribution is -2.25. The van der Waals surface area contributed by atoms with Crippen LogP contribution in [0.4, 0.5) is 5.82 Å². The molecule has 0 atom stereocenters. The van der Waals surface area contributed by atoms with E-state index >= 15 is 0 Å². The van der Waals surface area contributed by atoms with E-state index in [9.17, 15) is 24.3 Å². The number of hydrogen-bond donors (Lipinski definition) is 3. The van der Waals surface area contributed by atoms with Crippen LogP contribution >= 0.6 is 23.2 Å². The number of carbonyl (C=O) groups is 3. The Morgan fingerprint density at radius 2 is 1.71 bits per heavy atom. The van der Waals surface area contributed by atoms with Crippen molar-refractivity contribution in [2.24, 2.45) is 0 Å². The van der Waals surface area contributed by atoms with Gasteiger partial charge in [-0.3, -0.25) is 24.3 Å². The van der Waals surface area contributed by atoms with Gasteiger partial charge in [0.25, 0.3) is 17.4 Å². The van der Waals surface area contributed by atoms with Gasteiger partial charge in [0, 0.05) is 6.07 Å². The largest absolute Gasteiger partial charge is 0.478 e. The lowest BCUT2D eigenvalue weighted by Gasteiger charge is -2.15. The molecule has 1 aliphatic heterocycles. The molecule has 24 heavy (non-hydrogen) atoms. The third-order valence-corrected chi connectivity index (χ3v) is 4.19. The Morgan fingerprint density at radius 1 is 1.08 bits per heavy atom. The van der Waals surface area contributed by atoms with Crippen molar-refractivity contribution < 1.29 is 19.5 Å². The topological polar surface area (TPSA) is 131 Å². The van der Waals surface area contributed by atoms with E-state index in [4.69, 9.17) is 28.9 Å². The van der Waals surface area contributed by atoms with Crippen molar-refractivity contribution in [2.45, 2.75) is 0 Å². The van der Waals surface area contributed by atoms with Gasteiger partial charge in [-0.15, -0.1) is 0 Å². The minimum atomic E-state index is -1.38. The van der Waals surface area contributed by atoms with Crippen molar-refractivity contribution in [2.75, 3.05) is 5.73 Å². The minimum Gasteiger partial charge on any atom is -0.478 e. The third-order valence-electron chi connectivity index (χ3n) is 3.46. The number of nitrogens with two attached hydrogens (primary N) is 1. The quantitative estimate of drug-likeness (QED) is 0.685. The summed E-state index contributed by atoms with van der Waals surface area (Å²) in [6.07, 6.45) is 0. The smallest absolute Gasteiger partial charge is 0.337 e. The van der Waals surface area contributed by atoms with Crippen LogP contribution in [0.2, 0.25) is 10.0 Å². The van der Waals surface area contributed by atoms with E-state index < -0.39 is 23.3 Å². The molecule has 3 rings (SSSR count). The van der Waals surface area contributed by atoms with Crippen molar-refractivity contribution in [3.8, 4) is 5.69 Å². The zero-order chi connectivity index (χ0) is 17.8. The molecule has 0 bridgehead atoms. The fraction of sp³-hybridized carbons (Fsp3) is 0. The summed E-state index contributed by atoms with van der Waals surface area (Å²) < 4.78 is 0.794. The average molecular weight is 368 g/mol.